The molecule has 0 saturated heterocycles. The van der Waals surface area contributed by atoms with Crippen molar-refractivity contribution in [1.29, 1.82) is 0 Å². The Balaban J connectivity index is 2.60. The van der Waals surface area contributed by atoms with Gasteiger partial charge in [0.15, 0.2) is 0 Å². The third kappa shape index (κ3) is 2.57. The van der Waals surface area contributed by atoms with E-state index >= 15 is 0 Å². The number of pyridine rings is 1. The van der Waals surface area contributed by atoms with Gasteiger partial charge in [-0.3, -0.25) is 9.78 Å². The fourth-order valence-electron chi connectivity index (χ4n) is 2.02. The zero-order valence-electron chi connectivity index (χ0n) is 10.2. The molecular weight excluding hydrogens is 273 g/mol. The van der Waals surface area contributed by atoms with Gasteiger partial charge in [0.2, 0.25) is 0 Å². The molecule has 20 heavy (non-hydrogen) atoms. The van der Waals surface area contributed by atoms with E-state index in [2.05, 4.69) is 4.98 Å². The molecule has 1 atom stereocenters. The average Bonchev–Trinajstić information content (AvgIpc) is 2.37. The predicted molar refractivity (Wildman–Crippen MR) is 66.2 cm³/mol. The smallest absolute Gasteiger partial charge is 0.418 e. The van der Waals surface area contributed by atoms with Gasteiger partial charge in [-0.2, -0.15) is 13.2 Å². The van der Waals surface area contributed by atoms with Crippen molar-refractivity contribution >= 4 is 16.7 Å². The highest BCUT2D eigenvalue weighted by atomic mass is 19.4. The van der Waals surface area contributed by atoms with E-state index in [1.54, 1.807) is 0 Å². The van der Waals surface area contributed by atoms with Crippen LogP contribution in [0.3, 0.4) is 0 Å². The normalized spacial score (nSPS) is 13.4. The van der Waals surface area contributed by atoms with Crippen LogP contribution in [0.15, 0.2) is 30.6 Å². The van der Waals surface area contributed by atoms with E-state index in [-0.39, 0.29) is 17.3 Å². The minimum Gasteiger partial charge on any atom is -0.481 e. The number of hydrogen-bond acceptors (Lipinski definition) is 3. The van der Waals surface area contributed by atoms with Crippen molar-refractivity contribution in [3.05, 3.63) is 41.7 Å². The molecule has 0 bridgehead atoms. The molecule has 1 aromatic heterocycles. The van der Waals surface area contributed by atoms with Gasteiger partial charge in [-0.05, 0) is 17.0 Å². The van der Waals surface area contributed by atoms with E-state index in [9.17, 15) is 18.0 Å². The Morgan fingerprint density at radius 2 is 2.05 bits per heavy atom. The minimum absolute atomic E-state index is 0.0163. The minimum atomic E-state index is -4.51. The van der Waals surface area contributed by atoms with Gasteiger partial charge in [0.05, 0.1) is 11.5 Å². The van der Waals surface area contributed by atoms with Crippen molar-refractivity contribution in [2.24, 2.45) is 5.73 Å². The van der Waals surface area contributed by atoms with Crippen molar-refractivity contribution in [2.75, 3.05) is 6.54 Å². The number of aromatic nitrogens is 1. The maximum atomic E-state index is 12.8. The second-order valence-corrected chi connectivity index (χ2v) is 4.29. The maximum Gasteiger partial charge on any atom is 0.418 e. The Morgan fingerprint density at radius 3 is 2.60 bits per heavy atom. The van der Waals surface area contributed by atoms with Crippen molar-refractivity contribution in [3.8, 4) is 0 Å². The largest absolute Gasteiger partial charge is 0.481 e. The number of carboxylic acid groups (broad SMARTS) is 1. The van der Waals surface area contributed by atoms with Crippen LogP contribution in [0.4, 0.5) is 13.2 Å². The van der Waals surface area contributed by atoms with Gasteiger partial charge >= 0.3 is 12.1 Å². The van der Waals surface area contributed by atoms with Gasteiger partial charge in [0.25, 0.3) is 0 Å². The Bertz CT molecular complexity index is 656. The Labute approximate surface area is 112 Å². The number of aliphatic carboxylic acids is 1. The molecule has 106 valence electrons. The molecule has 0 aliphatic rings. The number of carbonyl (C=O) groups is 1. The topological polar surface area (TPSA) is 76.2 Å². The Hall–Kier alpha value is -2.15. The molecule has 0 radical (unpaired) electrons. The van der Waals surface area contributed by atoms with Crippen molar-refractivity contribution in [2.45, 2.75) is 12.1 Å². The van der Waals surface area contributed by atoms with Crippen LogP contribution in [0.1, 0.15) is 17.0 Å². The third-order valence-electron chi connectivity index (χ3n) is 3.02. The molecule has 0 aliphatic heterocycles. The molecule has 0 spiro atoms. The molecule has 0 fully saturated rings. The van der Waals surface area contributed by atoms with Crippen LogP contribution in [0.5, 0.6) is 0 Å². The van der Waals surface area contributed by atoms with Gasteiger partial charge in [0, 0.05) is 24.3 Å². The second-order valence-electron chi connectivity index (χ2n) is 4.29. The Morgan fingerprint density at radius 1 is 1.35 bits per heavy atom. The standard InChI is InChI=1S/C13H11F3N2O2/c14-13(15,16)11-6-18-5-8-3-7(1-2-9(8)11)10(4-17)12(19)20/h1-3,5-6,10H,4,17H2,(H,19,20). The second kappa shape index (κ2) is 5.09. The van der Waals surface area contributed by atoms with E-state index in [1.165, 1.54) is 24.4 Å². The first-order chi connectivity index (χ1) is 9.34. The summed E-state index contributed by atoms with van der Waals surface area (Å²) >= 11 is 0. The summed E-state index contributed by atoms with van der Waals surface area (Å²) in [7, 11) is 0. The molecule has 0 amide bonds. The summed E-state index contributed by atoms with van der Waals surface area (Å²) in [6.45, 7) is -0.132. The van der Waals surface area contributed by atoms with Crippen molar-refractivity contribution in [3.63, 3.8) is 0 Å². The van der Waals surface area contributed by atoms with E-state index in [1.807, 2.05) is 0 Å². The predicted octanol–water partition coefficient (Wildman–Crippen LogP) is 2.38. The number of fused-ring (bicyclic) bond motifs is 1. The molecule has 3 N–H and O–H groups in total. The quantitative estimate of drug-likeness (QED) is 0.907. The average molecular weight is 284 g/mol. The van der Waals surface area contributed by atoms with Crippen molar-refractivity contribution < 1.29 is 23.1 Å². The van der Waals surface area contributed by atoms with E-state index < -0.39 is 23.6 Å². The summed E-state index contributed by atoms with van der Waals surface area (Å²) < 4.78 is 38.5. The maximum absolute atomic E-state index is 12.8. The molecule has 1 unspecified atom stereocenters. The number of nitrogens with zero attached hydrogens (tertiary/aromatic N) is 1. The van der Waals surface area contributed by atoms with Crippen LogP contribution in [0.2, 0.25) is 0 Å². The summed E-state index contributed by atoms with van der Waals surface area (Å²) in [6, 6.07) is 3.98. The molecule has 1 aromatic carbocycles. The highest BCUT2D eigenvalue weighted by molar-refractivity contribution is 5.87. The van der Waals surface area contributed by atoms with Crippen molar-refractivity contribution in [1.82, 2.24) is 4.98 Å². The molecule has 0 saturated carbocycles. The molecular formula is C13H11F3N2O2. The summed E-state index contributed by atoms with van der Waals surface area (Å²) in [5.41, 5.74) is 4.88. The number of halogens is 3. The van der Waals surface area contributed by atoms with Crippen LogP contribution in [-0.2, 0) is 11.0 Å². The molecule has 0 aliphatic carbocycles. The Kier molecular flexibility index (Phi) is 3.63. The number of alkyl halides is 3. The number of carboxylic acids is 1. The number of hydrogen-bond donors (Lipinski definition) is 2. The van der Waals surface area contributed by atoms with Crippen LogP contribution in [0.25, 0.3) is 10.8 Å². The monoisotopic (exact) mass is 284 g/mol. The lowest BCUT2D eigenvalue weighted by Crippen LogP contribution is -2.21. The van der Waals surface area contributed by atoms with Crippen LogP contribution >= 0.6 is 0 Å². The van der Waals surface area contributed by atoms with Crippen LogP contribution < -0.4 is 5.73 Å². The van der Waals surface area contributed by atoms with E-state index in [4.69, 9.17) is 10.8 Å². The first kappa shape index (κ1) is 14.3. The van der Waals surface area contributed by atoms with Crippen LogP contribution in [0, 0.1) is 0 Å². The molecule has 2 aromatic rings. The van der Waals surface area contributed by atoms with E-state index in [0.29, 0.717) is 5.56 Å². The lowest BCUT2D eigenvalue weighted by atomic mass is 9.96. The number of benzene rings is 1. The summed E-state index contributed by atoms with van der Waals surface area (Å²) in [5.74, 6) is -2.07. The highest BCUT2D eigenvalue weighted by Crippen LogP contribution is 2.34. The summed E-state index contributed by atoms with van der Waals surface area (Å²) in [6.07, 6.45) is -2.49. The summed E-state index contributed by atoms with van der Waals surface area (Å²) in [4.78, 5) is 14.6. The summed E-state index contributed by atoms with van der Waals surface area (Å²) in [5, 5.41) is 9.22. The van der Waals surface area contributed by atoms with E-state index in [0.717, 1.165) is 6.20 Å². The first-order valence-electron chi connectivity index (χ1n) is 5.72. The first-order valence-corrected chi connectivity index (χ1v) is 5.72. The van der Waals surface area contributed by atoms with Gasteiger partial charge < -0.3 is 10.8 Å². The fourth-order valence-corrected chi connectivity index (χ4v) is 2.02. The van der Waals surface area contributed by atoms with Gasteiger partial charge in [0.1, 0.15) is 0 Å². The highest BCUT2D eigenvalue weighted by Gasteiger charge is 2.33. The SMILES string of the molecule is NCC(C(=O)O)c1ccc2c(C(F)(F)F)cncc2c1. The number of rotatable bonds is 3. The van der Waals surface area contributed by atoms with Crippen LogP contribution in [-0.4, -0.2) is 22.6 Å². The van der Waals surface area contributed by atoms with Gasteiger partial charge in [-0.25, -0.2) is 0 Å². The third-order valence-corrected chi connectivity index (χ3v) is 3.02. The molecule has 7 heteroatoms. The lowest BCUT2D eigenvalue weighted by Gasteiger charge is -2.13. The fraction of sp³-hybridized carbons (Fsp3) is 0.231. The lowest BCUT2D eigenvalue weighted by molar-refractivity contribution is -0.138. The zero-order chi connectivity index (χ0) is 14.9. The number of nitrogens with two attached hydrogens (primary N) is 1. The van der Waals surface area contributed by atoms with Gasteiger partial charge in [-0.15, -0.1) is 0 Å². The molecule has 4 nitrogen and oxygen atoms in total. The molecule has 2 rings (SSSR count). The molecule has 1 heterocycles. The van der Waals surface area contributed by atoms with Gasteiger partial charge in [-0.1, -0.05) is 12.1 Å². The zero-order valence-corrected chi connectivity index (χ0v) is 10.2.